The SMILES string of the molecule is CCOCCCNC(=O)C1(C)Sc2ccccc2N(C)C1=O. The highest BCUT2D eigenvalue weighted by atomic mass is 32.2. The first-order valence-electron chi connectivity index (χ1n) is 7.43. The standard InChI is InChI=1S/C16H22N2O3S/c1-4-21-11-7-10-17-14(19)16(2)15(20)18(3)12-8-5-6-9-13(12)22-16/h5-6,8-9H,4,7,10-11H2,1-3H3,(H,17,19). The topological polar surface area (TPSA) is 58.6 Å². The van der Waals surface area contributed by atoms with E-state index in [0.29, 0.717) is 19.8 Å². The molecule has 1 aliphatic heterocycles. The number of benzene rings is 1. The molecule has 5 nitrogen and oxygen atoms in total. The maximum Gasteiger partial charge on any atom is 0.252 e. The molecule has 0 fully saturated rings. The third-order valence-electron chi connectivity index (χ3n) is 3.64. The van der Waals surface area contributed by atoms with E-state index in [2.05, 4.69) is 5.32 Å². The van der Waals surface area contributed by atoms with Crippen molar-refractivity contribution in [3.8, 4) is 0 Å². The van der Waals surface area contributed by atoms with E-state index in [9.17, 15) is 9.59 Å². The summed E-state index contributed by atoms with van der Waals surface area (Å²) in [6.45, 7) is 5.40. The number of hydrogen-bond donors (Lipinski definition) is 1. The number of ether oxygens (including phenoxy) is 1. The summed E-state index contributed by atoms with van der Waals surface area (Å²) < 4.78 is 4.11. The number of thioether (sulfide) groups is 1. The summed E-state index contributed by atoms with van der Waals surface area (Å²) in [5.41, 5.74) is 0.846. The third kappa shape index (κ3) is 3.28. The number of anilines is 1. The molecule has 1 aromatic carbocycles. The summed E-state index contributed by atoms with van der Waals surface area (Å²) in [5, 5.41) is 2.85. The molecule has 1 N–H and O–H groups in total. The van der Waals surface area contributed by atoms with Gasteiger partial charge in [-0.1, -0.05) is 23.9 Å². The van der Waals surface area contributed by atoms with Crippen LogP contribution in [0.25, 0.3) is 0 Å². The largest absolute Gasteiger partial charge is 0.382 e. The van der Waals surface area contributed by atoms with E-state index >= 15 is 0 Å². The van der Waals surface area contributed by atoms with Crippen molar-refractivity contribution >= 4 is 29.3 Å². The highest BCUT2D eigenvalue weighted by Gasteiger charge is 2.47. The van der Waals surface area contributed by atoms with E-state index < -0.39 is 4.75 Å². The zero-order chi connectivity index (χ0) is 16.2. The Morgan fingerprint density at radius 3 is 2.86 bits per heavy atom. The van der Waals surface area contributed by atoms with Gasteiger partial charge >= 0.3 is 0 Å². The molecular weight excluding hydrogens is 300 g/mol. The van der Waals surface area contributed by atoms with Crippen molar-refractivity contribution in [1.82, 2.24) is 5.32 Å². The highest BCUT2D eigenvalue weighted by Crippen LogP contribution is 2.44. The number of nitrogens with zero attached hydrogens (tertiary/aromatic N) is 1. The van der Waals surface area contributed by atoms with Gasteiger partial charge in [0.2, 0.25) is 5.91 Å². The molecule has 0 radical (unpaired) electrons. The lowest BCUT2D eigenvalue weighted by molar-refractivity contribution is -0.131. The summed E-state index contributed by atoms with van der Waals surface area (Å²) >= 11 is 1.31. The summed E-state index contributed by atoms with van der Waals surface area (Å²) in [7, 11) is 1.71. The monoisotopic (exact) mass is 322 g/mol. The molecule has 120 valence electrons. The molecule has 0 aliphatic carbocycles. The maximum atomic E-state index is 12.6. The van der Waals surface area contributed by atoms with Crippen LogP contribution in [0.1, 0.15) is 20.3 Å². The van der Waals surface area contributed by atoms with Gasteiger partial charge in [-0.05, 0) is 32.4 Å². The zero-order valence-corrected chi connectivity index (χ0v) is 14.0. The van der Waals surface area contributed by atoms with Crippen molar-refractivity contribution in [2.75, 3.05) is 31.7 Å². The van der Waals surface area contributed by atoms with Gasteiger partial charge in [0.1, 0.15) is 0 Å². The van der Waals surface area contributed by atoms with Gasteiger partial charge in [-0.2, -0.15) is 0 Å². The predicted molar refractivity (Wildman–Crippen MR) is 88.2 cm³/mol. The van der Waals surface area contributed by atoms with Gasteiger partial charge in [-0.25, -0.2) is 0 Å². The fraction of sp³-hybridized carbons (Fsp3) is 0.500. The Hall–Kier alpha value is -1.53. The van der Waals surface area contributed by atoms with Crippen LogP contribution in [-0.2, 0) is 14.3 Å². The maximum absolute atomic E-state index is 12.6. The van der Waals surface area contributed by atoms with Gasteiger partial charge in [0.25, 0.3) is 5.91 Å². The van der Waals surface area contributed by atoms with Gasteiger partial charge in [0, 0.05) is 31.7 Å². The third-order valence-corrected chi connectivity index (χ3v) is 4.98. The Morgan fingerprint density at radius 2 is 2.14 bits per heavy atom. The summed E-state index contributed by atoms with van der Waals surface area (Å²) in [6.07, 6.45) is 0.737. The van der Waals surface area contributed by atoms with Crippen LogP contribution in [0.15, 0.2) is 29.2 Å². The molecule has 1 aromatic rings. The van der Waals surface area contributed by atoms with E-state index in [0.717, 1.165) is 17.0 Å². The number of amides is 2. The Morgan fingerprint density at radius 1 is 1.41 bits per heavy atom. The van der Waals surface area contributed by atoms with Crippen LogP contribution in [0.2, 0.25) is 0 Å². The van der Waals surface area contributed by atoms with Gasteiger partial charge < -0.3 is 15.0 Å². The fourth-order valence-electron chi connectivity index (χ4n) is 2.35. The number of nitrogens with one attached hydrogen (secondary N) is 1. The lowest BCUT2D eigenvalue weighted by Gasteiger charge is -2.36. The first-order valence-corrected chi connectivity index (χ1v) is 8.24. The van der Waals surface area contributed by atoms with Gasteiger partial charge in [-0.15, -0.1) is 0 Å². The molecule has 1 unspecified atom stereocenters. The quantitative estimate of drug-likeness (QED) is 0.643. The lowest BCUT2D eigenvalue weighted by atomic mass is 10.1. The molecule has 0 saturated heterocycles. The molecule has 2 amide bonds. The van der Waals surface area contributed by atoms with Crippen LogP contribution in [0.4, 0.5) is 5.69 Å². The second-order valence-electron chi connectivity index (χ2n) is 5.27. The van der Waals surface area contributed by atoms with Gasteiger partial charge in [0.05, 0.1) is 5.69 Å². The van der Waals surface area contributed by atoms with Crippen molar-refractivity contribution in [1.29, 1.82) is 0 Å². The molecule has 1 aliphatic rings. The summed E-state index contributed by atoms with van der Waals surface area (Å²) in [6, 6.07) is 7.62. The van der Waals surface area contributed by atoms with Gasteiger partial charge in [-0.3, -0.25) is 9.59 Å². The minimum absolute atomic E-state index is 0.196. The summed E-state index contributed by atoms with van der Waals surface area (Å²) in [4.78, 5) is 27.6. The Bertz CT molecular complexity index is 564. The van der Waals surface area contributed by atoms with Crippen LogP contribution in [0.3, 0.4) is 0 Å². The van der Waals surface area contributed by atoms with Crippen molar-refractivity contribution in [3.05, 3.63) is 24.3 Å². The van der Waals surface area contributed by atoms with Gasteiger partial charge in [0.15, 0.2) is 4.75 Å². The molecule has 6 heteroatoms. The van der Waals surface area contributed by atoms with E-state index in [-0.39, 0.29) is 11.8 Å². The van der Waals surface area contributed by atoms with Crippen molar-refractivity contribution < 1.29 is 14.3 Å². The van der Waals surface area contributed by atoms with Crippen molar-refractivity contribution in [2.24, 2.45) is 0 Å². The molecule has 22 heavy (non-hydrogen) atoms. The Balaban J connectivity index is 2.06. The number of hydrogen-bond acceptors (Lipinski definition) is 4. The molecule has 1 atom stereocenters. The molecule has 1 heterocycles. The molecule has 0 aromatic heterocycles. The molecule has 0 bridgehead atoms. The average molecular weight is 322 g/mol. The number of fused-ring (bicyclic) bond motifs is 1. The van der Waals surface area contributed by atoms with Crippen LogP contribution in [-0.4, -0.2) is 43.4 Å². The minimum Gasteiger partial charge on any atom is -0.382 e. The molecular formula is C16H22N2O3S. The predicted octanol–water partition coefficient (Wildman–Crippen LogP) is 2.06. The van der Waals surface area contributed by atoms with E-state index in [4.69, 9.17) is 4.74 Å². The summed E-state index contributed by atoms with van der Waals surface area (Å²) in [5.74, 6) is -0.446. The average Bonchev–Trinajstić information content (AvgIpc) is 2.52. The van der Waals surface area contributed by atoms with E-state index in [1.54, 1.807) is 18.9 Å². The van der Waals surface area contributed by atoms with E-state index in [1.807, 2.05) is 31.2 Å². The number of carbonyl (C=O) groups is 2. The number of para-hydroxylation sites is 1. The fourth-order valence-corrected chi connectivity index (χ4v) is 3.63. The molecule has 0 saturated carbocycles. The first-order chi connectivity index (χ1) is 10.5. The zero-order valence-electron chi connectivity index (χ0n) is 13.2. The van der Waals surface area contributed by atoms with Crippen molar-refractivity contribution in [2.45, 2.75) is 29.9 Å². The Kier molecular flexibility index (Phi) is 5.47. The molecule has 0 spiro atoms. The van der Waals surface area contributed by atoms with Crippen LogP contribution >= 0.6 is 11.8 Å². The Labute approximate surface area is 135 Å². The van der Waals surface area contributed by atoms with Crippen LogP contribution in [0, 0.1) is 0 Å². The second-order valence-corrected chi connectivity index (χ2v) is 6.73. The first kappa shape index (κ1) is 16.8. The normalized spacial score (nSPS) is 20.7. The number of rotatable bonds is 6. The van der Waals surface area contributed by atoms with Crippen LogP contribution in [0.5, 0.6) is 0 Å². The van der Waals surface area contributed by atoms with Crippen LogP contribution < -0.4 is 10.2 Å². The molecule has 2 rings (SSSR count). The lowest BCUT2D eigenvalue weighted by Crippen LogP contribution is -2.55. The number of carbonyl (C=O) groups excluding carboxylic acids is 2. The minimum atomic E-state index is -1.13. The van der Waals surface area contributed by atoms with E-state index in [1.165, 1.54) is 11.8 Å². The van der Waals surface area contributed by atoms with Crippen molar-refractivity contribution in [3.63, 3.8) is 0 Å². The smallest absolute Gasteiger partial charge is 0.252 e. The highest BCUT2D eigenvalue weighted by molar-refractivity contribution is 8.02. The second kappa shape index (κ2) is 7.15.